The second-order valence-electron chi connectivity index (χ2n) is 8.52. The summed E-state index contributed by atoms with van der Waals surface area (Å²) in [7, 11) is 0. The number of carbonyl (C=O) groups is 1. The van der Waals surface area contributed by atoms with Gasteiger partial charge in [-0.05, 0) is 48.7 Å². The number of nitrogens with one attached hydrogen (secondary N) is 3. The lowest BCUT2D eigenvalue weighted by atomic mass is 9.95. The summed E-state index contributed by atoms with van der Waals surface area (Å²) in [6.45, 7) is 2.91. The average molecular weight is 459 g/mol. The molecule has 6 nitrogen and oxygen atoms in total. The van der Waals surface area contributed by atoms with Crippen molar-refractivity contribution in [3.05, 3.63) is 94.8 Å². The van der Waals surface area contributed by atoms with Crippen LogP contribution in [0.1, 0.15) is 41.1 Å². The van der Waals surface area contributed by atoms with Gasteiger partial charge in [-0.3, -0.25) is 4.79 Å². The lowest BCUT2D eigenvalue weighted by molar-refractivity contribution is -0.138. The third-order valence-electron chi connectivity index (χ3n) is 6.23. The quantitative estimate of drug-likeness (QED) is 0.392. The van der Waals surface area contributed by atoms with E-state index in [4.69, 9.17) is 0 Å². The maximum absolute atomic E-state index is 13.8. The topological polar surface area (TPSA) is 97.2 Å². The molecule has 0 fully saturated rings. The molecule has 0 aliphatic carbocycles. The zero-order chi connectivity index (χ0) is 24.1. The Hall–Kier alpha value is -3.89. The van der Waals surface area contributed by atoms with E-state index in [-0.39, 0.29) is 17.6 Å². The molecule has 0 radical (unpaired) electrons. The summed E-state index contributed by atoms with van der Waals surface area (Å²) in [5.41, 5.74) is 4.41. The fraction of sp³-hybridized carbons (Fsp3) is 0.259. The van der Waals surface area contributed by atoms with Crippen molar-refractivity contribution in [3.8, 4) is 6.07 Å². The van der Waals surface area contributed by atoms with Crippen LogP contribution in [0.5, 0.6) is 0 Å². The van der Waals surface area contributed by atoms with Gasteiger partial charge >= 0.3 is 5.97 Å². The minimum atomic E-state index is -0.841. The minimum absolute atomic E-state index is 0.0698. The first-order chi connectivity index (χ1) is 16.5. The Balaban J connectivity index is 1.51. The molecule has 4 N–H and O–H groups in total. The van der Waals surface area contributed by atoms with Gasteiger partial charge in [0.05, 0.1) is 34.9 Å². The molecule has 3 aromatic rings. The van der Waals surface area contributed by atoms with E-state index in [1.54, 1.807) is 6.92 Å². The molecule has 174 valence electrons. The zero-order valence-electron chi connectivity index (χ0n) is 18.9. The van der Waals surface area contributed by atoms with Crippen LogP contribution in [-0.4, -0.2) is 30.2 Å². The molecule has 0 saturated carbocycles. The SMILES string of the molecule is C[C@@H](C(=O)O)c1cccc(CCN[C@H](c2ccccc2)[C@H]2CNc3cc(F)cc(C#N)c3N2)c1. The van der Waals surface area contributed by atoms with Crippen LogP contribution in [-0.2, 0) is 11.2 Å². The van der Waals surface area contributed by atoms with Gasteiger partial charge in [0.1, 0.15) is 11.9 Å². The molecule has 0 amide bonds. The largest absolute Gasteiger partial charge is 0.481 e. The molecule has 0 saturated heterocycles. The Bertz CT molecular complexity index is 1210. The molecule has 3 atom stereocenters. The average Bonchev–Trinajstić information content (AvgIpc) is 2.86. The number of anilines is 2. The Morgan fingerprint density at radius 2 is 1.94 bits per heavy atom. The van der Waals surface area contributed by atoms with Crippen molar-refractivity contribution >= 4 is 17.3 Å². The van der Waals surface area contributed by atoms with Crippen molar-refractivity contribution in [2.45, 2.75) is 31.3 Å². The van der Waals surface area contributed by atoms with E-state index in [0.29, 0.717) is 24.5 Å². The van der Waals surface area contributed by atoms with Gasteiger partial charge in [-0.15, -0.1) is 0 Å². The van der Waals surface area contributed by atoms with Crippen molar-refractivity contribution in [3.63, 3.8) is 0 Å². The van der Waals surface area contributed by atoms with E-state index in [0.717, 1.165) is 23.1 Å². The fourth-order valence-corrected chi connectivity index (χ4v) is 4.33. The van der Waals surface area contributed by atoms with Crippen LogP contribution in [0, 0.1) is 17.1 Å². The summed E-state index contributed by atoms with van der Waals surface area (Å²) in [5.74, 6) is -1.84. The molecule has 1 aliphatic rings. The zero-order valence-corrected chi connectivity index (χ0v) is 18.9. The highest BCUT2D eigenvalue weighted by Gasteiger charge is 2.28. The van der Waals surface area contributed by atoms with E-state index in [2.05, 4.69) is 34.2 Å². The number of halogens is 1. The van der Waals surface area contributed by atoms with Crippen molar-refractivity contribution in [1.82, 2.24) is 5.32 Å². The number of fused-ring (bicyclic) bond motifs is 1. The van der Waals surface area contributed by atoms with Gasteiger partial charge in [-0.25, -0.2) is 4.39 Å². The molecule has 3 aromatic carbocycles. The number of nitrogens with zero attached hydrogens (tertiary/aromatic N) is 1. The normalized spacial score (nSPS) is 16.3. The van der Waals surface area contributed by atoms with Gasteiger partial charge in [-0.2, -0.15) is 5.26 Å². The van der Waals surface area contributed by atoms with Crippen LogP contribution in [0.25, 0.3) is 0 Å². The van der Waals surface area contributed by atoms with E-state index >= 15 is 0 Å². The molecule has 0 spiro atoms. The summed E-state index contributed by atoms with van der Waals surface area (Å²) >= 11 is 0. The van der Waals surface area contributed by atoms with E-state index < -0.39 is 17.7 Å². The first-order valence-electron chi connectivity index (χ1n) is 11.3. The predicted octanol–water partition coefficient (Wildman–Crippen LogP) is 4.67. The number of benzene rings is 3. The summed E-state index contributed by atoms with van der Waals surface area (Å²) in [6, 6.07) is 22.3. The predicted molar refractivity (Wildman–Crippen MR) is 130 cm³/mol. The summed E-state index contributed by atoms with van der Waals surface area (Å²) in [4.78, 5) is 11.3. The highest BCUT2D eigenvalue weighted by Crippen LogP contribution is 2.34. The van der Waals surface area contributed by atoms with Crippen LogP contribution >= 0.6 is 0 Å². The molecule has 4 rings (SSSR count). The Labute approximate surface area is 198 Å². The first-order valence-corrected chi connectivity index (χ1v) is 11.3. The second kappa shape index (κ2) is 10.4. The van der Waals surface area contributed by atoms with Crippen LogP contribution in [0.4, 0.5) is 15.8 Å². The summed E-state index contributed by atoms with van der Waals surface area (Å²) in [6.07, 6.45) is 0.731. The number of hydrogen-bond donors (Lipinski definition) is 4. The van der Waals surface area contributed by atoms with Gasteiger partial charge in [-0.1, -0.05) is 54.6 Å². The number of nitriles is 1. The number of aliphatic carboxylic acids is 1. The second-order valence-corrected chi connectivity index (χ2v) is 8.52. The molecule has 34 heavy (non-hydrogen) atoms. The highest BCUT2D eigenvalue weighted by atomic mass is 19.1. The molecule has 1 aliphatic heterocycles. The van der Waals surface area contributed by atoms with Gasteiger partial charge in [0.25, 0.3) is 0 Å². The van der Waals surface area contributed by atoms with Crippen LogP contribution in [0.15, 0.2) is 66.7 Å². The highest BCUT2D eigenvalue weighted by molar-refractivity contribution is 5.78. The summed E-state index contributed by atoms with van der Waals surface area (Å²) < 4.78 is 13.8. The maximum atomic E-state index is 13.8. The van der Waals surface area contributed by atoms with Crippen LogP contribution in [0.2, 0.25) is 0 Å². The monoisotopic (exact) mass is 458 g/mol. The summed E-state index contributed by atoms with van der Waals surface area (Å²) in [5, 5.41) is 29.1. The number of rotatable bonds is 8. The smallest absolute Gasteiger partial charge is 0.310 e. The number of carboxylic acid groups (broad SMARTS) is 1. The van der Waals surface area contributed by atoms with Gasteiger partial charge in [0.15, 0.2) is 0 Å². The van der Waals surface area contributed by atoms with Crippen LogP contribution < -0.4 is 16.0 Å². The number of carboxylic acids is 1. The number of hydrogen-bond acceptors (Lipinski definition) is 5. The van der Waals surface area contributed by atoms with Crippen molar-refractivity contribution in [1.29, 1.82) is 5.26 Å². The fourth-order valence-electron chi connectivity index (χ4n) is 4.33. The maximum Gasteiger partial charge on any atom is 0.310 e. The van der Waals surface area contributed by atoms with E-state index in [1.807, 2.05) is 42.5 Å². The Morgan fingerprint density at radius 3 is 2.68 bits per heavy atom. The Morgan fingerprint density at radius 1 is 1.18 bits per heavy atom. The van der Waals surface area contributed by atoms with Crippen molar-refractivity contribution in [2.24, 2.45) is 0 Å². The lowest BCUT2D eigenvalue weighted by Crippen LogP contribution is -2.44. The van der Waals surface area contributed by atoms with Crippen molar-refractivity contribution < 1.29 is 14.3 Å². The van der Waals surface area contributed by atoms with Gasteiger partial charge in [0.2, 0.25) is 0 Å². The molecule has 7 heteroatoms. The van der Waals surface area contributed by atoms with E-state index in [9.17, 15) is 19.6 Å². The van der Waals surface area contributed by atoms with Crippen LogP contribution in [0.3, 0.4) is 0 Å². The van der Waals surface area contributed by atoms with Gasteiger partial charge in [0, 0.05) is 6.54 Å². The molecular weight excluding hydrogens is 431 g/mol. The van der Waals surface area contributed by atoms with Crippen molar-refractivity contribution in [2.75, 3.05) is 23.7 Å². The third kappa shape index (κ3) is 5.19. The molecule has 0 aromatic heterocycles. The standard InChI is InChI=1S/C27H27FN4O2/c1-17(27(33)34)20-9-5-6-18(12-20)10-11-30-25(19-7-3-2-4-8-19)24-16-31-23-14-22(28)13-21(15-29)26(23)32-24/h2-9,12-14,17,24-25,30-32H,10-11,16H2,1H3,(H,33,34)/t17-,24-,25-/m1/s1. The molecule has 0 bridgehead atoms. The lowest BCUT2D eigenvalue weighted by Gasteiger charge is -2.35. The molecule has 1 heterocycles. The minimum Gasteiger partial charge on any atom is -0.481 e. The molecular formula is C27H27FN4O2. The van der Waals surface area contributed by atoms with Gasteiger partial charge < -0.3 is 21.1 Å². The first kappa shape index (κ1) is 23.3. The molecule has 0 unspecified atom stereocenters. The third-order valence-corrected chi connectivity index (χ3v) is 6.23. The Kier molecular flexibility index (Phi) is 7.09. The van der Waals surface area contributed by atoms with E-state index in [1.165, 1.54) is 12.1 Å².